The third kappa shape index (κ3) is 2.23. The second-order valence-corrected chi connectivity index (χ2v) is 5.41. The Morgan fingerprint density at radius 1 is 1.47 bits per heavy atom. The average Bonchev–Trinajstić information content (AvgIpc) is 2.74. The molecule has 1 amide bonds. The van der Waals surface area contributed by atoms with Gasteiger partial charge in [-0.1, -0.05) is 13.0 Å². The molecule has 15 heavy (non-hydrogen) atoms. The van der Waals surface area contributed by atoms with Gasteiger partial charge in [0.25, 0.3) is 5.91 Å². The van der Waals surface area contributed by atoms with Gasteiger partial charge in [0.1, 0.15) is 0 Å². The maximum absolute atomic E-state index is 12.2. The van der Waals surface area contributed by atoms with Crippen molar-refractivity contribution in [2.75, 3.05) is 6.54 Å². The highest BCUT2D eigenvalue weighted by atomic mass is 32.1. The van der Waals surface area contributed by atoms with E-state index in [-0.39, 0.29) is 5.91 Å². The van der Waals surface area contributed by atoms with Gasteiger partial charge in [-0.15, -0.1) is 11.3 Å². The Morgan fingerprint density at radius 2 is 2.27 bits per heavy atom. The van der Waals surface area contributed by atoms with Crippen LogP contribution in [-0.2, 0) is 0 Å². The van der Waals surface area contributed by atoms with Gasteiger partial charge in [0.05, 0.1) is 4.88 Å². The van der Waals surface area contributed by atoms with Crippen molar-refractivity contribution in [3.63, 3.8) is 0 Å². The Hall–Kier alpha value is -0.830. The molecule has 3 heteroatoms. The van der Waals surface area contributed by atoms with E-state index in [1.54, 1.807) is 0 Å². The molecule has 1 aromatic rings. The lowest BCUT2D eigenvalue weighted by atomic mass is 9.95. The van der Waals surface area contributed by atoms with Crippen molar-refractivity contribution in [1.29, 1.82) is 0 Å². The molecule has 2 rings (SSSR count). The smallest absolute Gasteiger partial charge is 0.264 e. The van der Waals surface area contributed by atoms with Crippen LogP contribution in [-0.4, -0.2) is 23.4 Å². The van der Waals surface area contributed by atoms with Crippen molar-refractivity contribution in [1.82, 2.24) is 4.90 Å². The number of carbonyl (C=O) groups is 1. The molecule has 0 radical (unpaired) electrons. The minimum absolute atomic E-state index is 0.212. The van der Waals surface area contributed by atoms with Crippen LogP contribution in [0.2, 0.25) is 0 Å². The number of piperidine rings is 1. The third-order valence-corrected chi connectivity index (χ3v) is 3.97. The monoisotopic (exact) mass is 223 g/mol. The van der Waals surface area contributed by atoms with Crippen LogP contribution < -0.4 is 0 Å². The first-order chi connectivity index (χ1) is 7.18. The normalized spacial score (nSPS) is 26.7. The summed E-state index contributed by atoms with van der Waals surface area (Å²) < 4.78 is 0. The third-order valence-electron chi connectivity index (χ3n) is 3.11. The quantitative estimate of drug-likeness (QED) is 0.716. The van der Waals surface area contributed by atoms with Crippen LogP contribution in [0.1, 0.15) is 36.4 Å². The van der Waals surface area contributed by atoms with Crippen molar-refractivity contribution in [3.8, 4) is 0 Å². The fourth-order valence-corrected chi connectivity index (χ4v) is 2.79. The number of rotatable bonds is 1. The van der Waals surface area contributed by atoms with E-state index < -0.39 is 0 Å². The summed E-state index contributed by atoms with van der Waals surface area (Å²) in [5.41, 5.74) is 0. The topological polar surface area (TPSA) is 20.3 Å². The molecule has 82 valence electrons. The predicted molar refractivity (Wildman–Crippen MR) is 63.2 cm³/mol. The Bertz CT molecular complexity index is 333. The highest BCUT2D eigenvalue weighted by molar-refractivity contribution is 7.12. The fourth-order valence-electron chi connectivity index (χ4n) is 2.11. The number of hydrogen-bond donors (Lipinski definition) is 0. The Kier molecular flexibility index (Phi) is 3.10. The van der Waals surface area contributed by atoms with E-state index in [2.05, 4.69) is 13.8 Å². The molecule has 0 aromatic carbocycles. The predicted octanol–water partition coefficient (Wildman–Crippen LogP) is 3.01. The van der Waals surface area contributed by atoms with Gasteiger partial charge in [-0.05, 0) is 37.1 Å². The number of nitrogens with zero attached hydrogens (tertiary/aromatic N) is 1. The summed E-state index contributed by atoms with van der Waals surface area (Å²) in [4.78, 5) is 15.1. The van der Waals surface area contributed by atoms with Gasteiger partial charge in [0, 0.05) is 12.6 Å². The number of amides is 1. The molecule has 1 aromatic heterocycles. The molecule has 2 nitrogen and oxygen atoms in total. The summed E-state index contributed by atoms with van der Waals surface area (Å²) in [6.45, 7) is 5.29. The van der Waals surface area contributed by atoms with Crippen LogP contribution in [0.4, 0.5) is 0 Å². The maximum Gasteiger partial charge on any atom is 0.264 e. The van der Waals surface area contributed by atoms with Crippen molar-refractivity contribution in [2.45, 2.75) is 32.7 Å². The lowest BCUT2D eigenvalue weighted by Gasteiger charge is -2.36. The lowest BCUT2D eigenvalue weighted by Crippen LogP contribution is -2.44. The van der Waals surface area contributed by atoms with Crippen LogP contribution in [0.15, 0.2) is 17.5 Å². The van der Waals surface area contributed by atoms with Crippen LogP contribution >= 0.6 is 11.3 Å². The van der Waals surface area contributed by atoms with Crippen molar-refractivity contribution in [3.05, 3.63) is 22.4 Å². The molecule has 1 aliphatic rings. The number of carbonyl (C=O) groups excluding carboxylic acids is 1. The van der Waals surface area contributed by atoms with E-state index >= 15 is 0 Å². The summed E-state index contributed by atoms with van der Waals surface area (Å²) in [5, 5.41) is 1.96. The molecule has 1 aliphatic heterocycles. The molecule has 0 bridgehead atoms. The molecule has 2 unspecified atom stereocenters. The number of likely N-dealkylation sites (tertiary alicyclic amines) is 1. The van der Waals surface area contributed by atoms with E-state index in [0.717, 1.165) is 17.8 Å². The summed E-state index contributed by atoms with van der Waals surface area (Å²) in [5.74, 6) is 0.856. The highest BCUT2D eigenvalue weighted by Gasteiger charge is 2.27. The van der Waals surface area contributed by atoms with Crippen LogP contribution in [0.5, 0.6) is 0 Å². The zero-order chi connectivity index (χ0) is 10.8. The largest absolute Gasteiger partial charge is 0.335 e. The van der Waals surface area contributed by atoms with Gasteiger partial charge in [0.2, 0.25) is 0 Å². The van der Waals surface area contributed by atoms with Crippen LogP contribution in [0, 0.1) is 5.92 Å². The average molecular weight is 223 g/mol. The minimum Gasteiger partial charge on any atom is -0.335 e. The van der Waals surface area contributed by atoms with Gasteiger partial charge < -0.3 is 4.90 Å². The minimum atomic E-state index is 0.212. The molecule has 0 aliphatic carbocycles. The highest BCUT2D eigenvalue weighted by Crippen LogP contribution is 2.24. The van der Waals surface area contributed by atoms with Gasteiger partial charge >= 0.3 is 0 Å². The van der Waals surface area contributed by atoms with E-state index in [0.29, 0.717) is 12.0 Å². The molecule has 0 spiro atoms. The van der Waals surface area contributed by atoms with Crippen molar-refractivity contribution in [2.24, 2.45) is 5.92 Å². The number of thiophene rings is 1. The Labute approximate surface area is 94.9 Å². The Morgan fingerprint density at radius 3 is 2.93 bits per heavy atom. The van der Waals surface area contributed by atoms with E-state index in [4.69, 9.17) is 0 Å². The zero-order valence-electron chi connectivity index (χ0n) is 9.27. The second kappa shape index (κ2) is 4.35. The van der Waals surface area contributed by atoms with E-state index in [1.807, 2.05) is 22.4 Å². The molecular formula is C12H17NOS. The lowest BCUT2D eigenvalue weighted by molar-refractivity contribution is 0.0579. The van der Waals surface area contributed by atoms with Crippen molar-refractivity contribution >= 4 is 17.2 Å². The van der Waals surface area contributed by atoms with Crippen molar-refractivity contribution < 1.29 is 4.79 Å². The summed E-state index contributed by atoms with van der Waals surface area (Å²) in [7, 11) is 0. The van der Waals surface area contributed by atoms with Gasteiger partial charge in [-0.2, -0.15) is 0 Å². The molecule has 1 fully saturated rings. The summed E-state index contributed by atoms with van der Waals surface area (Å²) in [6, 6.07) is 4.25. The fraction of sp³-hybridized carbons (Fsp3) is 0.583. The molecule has 2 atom stereocenters. The van der Waals surface area contributed by atoms with Gasteiger partial charge in [-0.3, -0.25) is 4.79 Å². The van der Waals surface area contributed by atoms with Gasteiger partial charge in [0.15, 0.2) is 0 Å². The summed E-state index contributed by atoms with van der Waals surface area (Å²) >= 11 is 1.54. The summed E-state index contributed by atoms with van der Waals surface area (Å²) in [6.07, 6.45) is 2.38. The molecule has 0 saturated carbocycles. The Balaban J connectivity index is 2.12. The SMILES string of the molecule is CC1CCC(C)N(C(=O)c2cccs2)C1. The van der Waals surface area contributed by atoms with E-state index in [9.17, 15) is 4.79 Å². The standard InChI is InChI=1S/C12H17NOS/c1-9-5-6-10(2)13(8-9)12(14)11-4-3-7-15-11/h3-4,7,9-10H,5-6,8H2,1-2H3. The molecule has 0 N–H and O–H groups in total. The first-order valence-corrected chi connectivity index (χ1v) is 6.41. The zero-order valence-corrected chi connectivity index (χ0v) is 10.1. The first-order valence-electron chi connectivity index (χ1n) is 5.53. The van der Waals surface area contributed by atoms with E-state index in [1.165, 1.54) is 17.8 Å². The number of hydrogen-bond acceptors (Lipinski definition) is 2. The first kappa shape index (κ1) is 10.7. The second-order valence-electron chi connectivity index (χ2n) is 4.47. The maximum atomic E-state index is 12.2. The molecule has 2 heterocycles. The van der Waals surface area contributed by atoms with Gasteiger partial charge in [-0.25, -0.2) is 0 Å². The van der Waals surface area contributed by atoms with Crippen LogP contribution in [0.25, 0.3) is 0 Å². The molecule has 1 saturated heterocycles. The van der Waals surface area contributed by atoms with Crippen LogP contribution in [0.3, 0.4) is 0 Å². The molecular weight excluding hydrogens is 206 g/mol.